The number of carbonyl (C=O) groups excluding carboxylic acids is 1. The van der Waals surface area contributed by atoms with Gasteiger partial charge in [0, 0.05) is 44.3 Å². The number of nitrogens with zero attached hydrogens (tertiary/aromatic N) is 2. The van der Waals surface area contributed by atoms with E-state index in [9.17, 15) is 18.0 Å². The lowest BCUT2D eigenvalue weighted by Crippen LogP contribution is -2.47. The van der Waals surface area contributed by atoms with E-state index in [1.807, 2.05) is 6.92 Å². The fourth-order valence-corrected chi connectivity index (χ4v) is 4.58. The van der Waals surface area contributed by atoms with Gasteiger partial charge in [0.05, 0.1) is 5.56 Å². The Hall–Kier alpha value is -1.76. The van der Waals surface area contributed by atoms with Gasteiger partial charge >= 0.3 is 6.18 Å². The molecular formula is C23H34F3N3O. The van der Waals surface area contributed by atoms with Crippen molar-refractivity contribution >= 4 is 11.6 Å². The maximum Gasteiger partial charge on any atom is 0.416 e. The molecule has 1 aliphatic heterocycles. The molecule has 1 saturated heterocycles. The fourth-order valence-electron chi connectivity index (χ4n) is 4.58. The molecule has 3 rings (SSSR count). The van der Waals surface area contributed by atoms with Gasteiger partial charge in [0.15, 0.2) is 0 Å². The molecule has 1 aliphatic carbocycles. The van der Waals surface area contributed by atoms with E-state index in [-0.39, 0.29) is 5.91 Å². The second-order valence-electron chi connectivity index (χ2n) is 8.70. The Balaban J connectivity index is 1.34. The van der Waals surface area contributed by atoms with Crippen LogP contribution in [0.3, 0.4) is 0 Å². The van der Waals surface area contributed by atoms with Crippen molar-refractivity contribution < 1.29 is 18.0 Å². The summed E-state index contributed by atoms with van der Waals surface area (Å²) >= 11 is 0. The number of hydrogen-bond acceptors (Lipinski definition) is 3. The third kappa shape index (κ3) is 6.62. The topological polar surface area (TPSA) is 35.6 Å². The predicted molar refractivity (Wildman–Crippen MR) is 114 cm³/mol. The highest BCUT2D eigenvalue weighted by molar-refractivity contribution is 5.76. The number of nitrogens with one attached hydrogen (secondary N) is 1. The highest BCUT2D eigenvalue weighted by atomic mass is 19.4. The monoisotopic (exact) mass is 425 g/mol. The van der Waals surface area contributed by atoms with Gasteiger partial charge in [0.1, 0.15) is 0 Å². The molecule has 0 spiro atoms. The van der Waals surface area contributed by atoms with E-state index in [1.54, 1.807) is 12.1 Å². The maximum atomic E-state index is 12.7. The minimum atomic E-state index is -4.28. The zero-order chi connectivity index (χ0) is 21.6. The standard InChI is InChI=1S/C23H34F3N3O/c1-2-3-22(30)27-20-8-4-18(5-9-20)12-13-28-14-16-29(17-15-28)21-10-6-19(7-11-21)23(24,25)26/h6-7,10-11,18,20H,2-5,8-9,12-17H2,1H3,(H,27,30). The van der Waals surface area contributed by atoms with E-state index in [0.717, 1.165) is 63.6 Å². The molecule has 30 heavy (non-hydrogen) atoms. The molecule has 0 aromatic heterocycles. The van der Waals surface area contributed by atoms with E-state index in [0.29, 0.717) is 12.5 Å². The van der Waals surface area contributed by atoms with Gasteiger partial charge in [0.2, 0.25) is 5.91 Å². The SMILES string of the molecule is CCCC(=O)NC1CCC(CCN2CCN(c3ccc(C(F)(F)F)cc3)CC2)CC1. The number of rotatable bonds is 7. The lowest BCUT2D eigenvalue weighted by Gasteiger charge is -2.37. The number of halogens is 3. The van der Waals surface area contributed by atoms with Gasteiger partial charge in [-0.25, -0.2) is 0 Å². The number of benzene rings is 1. The van der Waals surface area contributed by atoms with E-state index < -0.39 is 11.7 Å². The van der Waals surface area contributed by atoms with Crippen LogP contribution >= 0.6 is 0 Å². The average molecular weight is 426 g/mol. The summed E-state index contributed by atoms with van der Waals surface area (Å²) in [6, 6.07) is 5.85. The fraction of sp³-hybridized carbons (Fsp3) is 0.696. The molecule has 4 nitrogen and oxygen atoms in total. The van der Waals surface area contributed by atoms with Crippen LogP contribution in [0.1, 0.15) is 57.4 Å². The Morgan fingerprint density at radius 2 is 1.67 bits per heavy atom. The number of piperazine rings is 1. The van der Waals surface area contributed by atoms with Crippen molar-refractivity contribution in [3.63, 3.8) is 0 Å². The van der Waals surface area contributed by atoms with Gasteiger partial charge in [-0.1, -0.05) is 6.92 Å². The summed E-state index contributed by atoms with van der Waals surface area (Å²) in [5.41, 5.74) is 0.274. The molecule has 1 aromatic rings. The summed E-state index contributed by atoms with van der Waals surface area (Å²) < 4.78 is 38.2. The third-order valence-corrected chi connectivity index (χ3v) is 6.47. The number of alkyl halides is 3. The lowest BCUT2D eigenvalue weighted by molar-refractivity contribution is -0.137. The van der Waals surface area contributed by atoms with Crippen molar-refractivity contribution in [3.05, 3.63) is 29.8 Å². The smallest absolute Gasteiger partial charge is 0.369 e. The van der Waals surface area contributed by atoms with Gasteiger partial charge in [-0.2, -0.15) is 13.2 Å². The summed E-state index contributed by atoms with van der Waals surface area (Å²) in [5, 5.41) is 3.16. The second-order valence-corrected chi connectivity index (χ2v) is 8.70. The Kier molecular flexibility index (Phi) is 8.03. The second kappa shape index (κ2) is 10.5. The van der Waals surface area contributed by atoms with Gasteiger partial charge < -0.3 is 10.2 Å². The zero-order valence-electron chi connectivity index (χ0n) is 17.9. The maximum absolute atomic E-state index is 12.7. The summed E-state index contributed by atoms with van der Waals surface area (Å²) in [6.45, 7) is 6.70. The van der Waals surface area contributed by atoms with E-state index in [2.05, 4.69) is 15.1 Å². The van der Waals surface area contributed by atoms with Crippen LogP contribution in [0.15, 0.2) is 24.3 Å². The van der Waals surface area contributed by atoms with Crippen molar-refractivity contribution in [2.75, 3.05) is 37.6 Å². The molecule has 0 atom stereocenters. The number of carbonyl (C=O) groups is 1. The first kappa shape index (κ1) is 22.9. The van der Waals surface area contributed by atoms with Crippen molar-refractivity contribution in [2.45, 2.75) is 64.1 Å². The minimum absolute atomic E-state index is 0.187. The molecule has 168 valence electrons. The average Bonchev–Trinajstić information content (AvgIpc) is 2.73. The van der Waals surface area contributed by atoms with Crippen LogP contribution in [0.5, 0.6) is 0 Å². The first-order valence-corrected chi connectivity index (χ1v) is 11.3. The first-order valence-electron chi connectivity index (χ1n) is 11.3. The zero-order valence-corrected chi connectivity index (χ0v) is 17.9. The summed E-state index contributed by atoms with van der Waals surface area (Å²) in [5.74, 6) is 0.920. The van der Waals surface area contributed by atoms with Crippen molar-refractivity contribution in [3.8, 4) is 0 Å². The van der Waals surface area contributed by atoms with Crippen molar-refractivity contribution in [1.82, 2.24) is 10.2 Å². The molecule has 1 heterocycles. The van der Waals surface area contributed by atoms with E-state index in [1.165, 1.54) is 31.4 Å². The molecule has 0 unspecified atom stereocenters. The van der Waals surface area contributed by atoms with Crippen LogP contribution in [0.4, 0.5) is 18.9 Å². The highest BCUT2D eigenvalue weighted by Gasteiger charge is 2.30. The van der Waals surface area contributed by atoms with Crippen molar-refractivity contribution in [1.29, 1.82) is 0 Å². The van der Waals surface area contributed by atoms with Crippen molar-refractivity contribution in [2.24, 2.45) is 5.92 Å². The van der Waals surface area contributed by atoms with Crippen LogP contribution < -0.4 is 10.2 Å². The van der Waals surface area contributed by atoms with Gasteiger partial charge in [-0.3, -0.25) is 9.69 Å². The summed E-state index contributed by atoms with van der Waals surface area (Å²) in [6.07, 6.45) is 2.97. The number of amides is 1. The minimum Gasteiger partial charge on any atom is -0.369 e. The molecule has 1 aromatic carbocycles. The van der Waals surface area contributed by atoms with Crippen LogP contribution in [-0.4, -0.2) is 49.6 Å². The molecular weight excluding hydrogens is 391 g/mol. The lowest BCUT2D eigenvalue weighted by atomic mass is 9.84. The molecule has 1 N–H and O–H groups in total. The molecule has 2 fully saturated rings. The van der Waals surface area contributed by atoms with Crippen LogP contribution in [0.25, 0.3) is 0 Å². The Labute approximate surface area is 177 Å². The quantitative estimate of drug-likeness (QED) is 0.688. The predicted octanol–water partition coefficient (Wildman–Crippen LogP) is 4.69. The largest absolute Gasteiger partial charge is 0.416 e. The first-order chi connectivity index (χ1) is 14.3. The molecule has 1 amide bonds. The van der Waals surface area contributed by atoms with Crippen LogP contribution in [-0.2, 0) is 11.0 Å². The molecule has 0 radical (unpaired) electrons. The molecule has 7 heteroatoms. The Morgan fingerprint density at radius 3 is 2.23 bits per heavy atom. The molecule has 2 aliphatic rings. The van der Waals surface area contributed by atoms with Gasteiger partial charge in [0.25, 0.3) is 0 Å². The highest BCUT2D eigenvalue weighted by Crippen LogP contribution is 2.31. The normalized spacial score (nSPS) is 23.4. The number of hydrogen-bond donors (Lipinski definition) is 1. The summed E-state index contributed by atoms with van der Waals surface area (Å²) in [7, 11) is 0. The van der Waals surface area contributed by atoms with E-state index in [4.69, 9.17) is 0 Å². The third-order valence-electron chi connectivity index (χ3n) is 6.47. The molecule has 0 bridgehead atoms. The van der Waals surface area contributed by atoms with Crippen LogP contribution in [0.2, 0.25) is 0 Å². The van der Waals surface area contributed by atoms with Gasteiger partial charge in [-0.05, 0) is 75.3 Å². The van der Waals surface area contributed by atoms with E-state index >= 15 is 0 Å². The summed E-state index contributed by atoms with van der Waals surface area (Å²) in [4.78, 5) is 16.4. The number of anilines is 1. The molecule has 1 saturated carbocycles. The Morgan fingerprint density at radius 1 is 1.03 bits per heavy atom. The Bertz CT molecular complexity index is 661. The van der Waals surface area contributed by atoms with Gasteiger partial charge in [-0.15, -0.1) is 0 Å². The van der Waals surface area contributed by atoms with Crippen LogP contribution in [0, 0.1) is 5.92 Å².